The van der Waals surface area contributed by atoms with E-state index in [0.29, 0.717) is 0 Å². The molecule has 0 bridgehead atoms. The van der Waals surface area contributed by atoms with E-state index in [4.69, 9.17) is 52.6 Å². The van der Waals surface area contributed by atoms with Crippen molar-refractivity contribution in [3.63, 3.8) is 0 Å². The first-order valence-corrected chi connectivity index (χ1v) is 6.00. The molecule has 0 rings (SSSR count). The molecule has 6 N–H and O–H groups in total. The zero-order chi connectivity index (χ0) is 13.5. The first kappa shape index (κ1) is 36.2. The molecule has 117 valence electrons. The minimum absolute atomic E-state index is 0. The van der Waals surface area contributed by atoms with E-state index in [1.165, 1.54) is 0 Å². The Kier molecular flexibility index (Phi) is 27.2. The molecule has 0 amide bonds. The molecule has 1 radical (unpaired) electrons. The van der Waals surface area contributed by atoms with Crippen LogP contribution in [0.1, 0.15) is 0 Å². The van der Waals surface area contributed by atoms with Gasteiger partial charge in [0.15, 0.2) is 0 Å². The van der Waals surface area contributed by atoms with Crippen LogP contribution in [0, 0.1) is 0 Å². The molecule has 0 aromatic heterocycles. The van der Waals surface area contributed by atoms with Crippen molar-refractivity contribution in [1.29, 1.82) is 0 Å². The van der Waals surface area contributed by atoms with Gasteiger partial charge in [-0.05, 0) is 0 Å². The predicted molar refractivity (Wildman–Crippen MR) is 41.0 cm³/mol. The van der Waals surface area contributed by atoms with Crippen molar-refractivity contribution in [2.24, 2.45) is 0 Å². The third-order valence-corrected chi connectivity index (χ3v) is 0. The fourth-order valence-corrected chi connectivity index (χ4v) is 0. The van der Waals surface area contributed by atoms with Gasteiger partial charge in [-0.1, -0.05) is 0 Å². The van der Waals surface area contributed by atoms with Crippen LogP contribution in [-0.4, -0.2) is 58.0 Å². The average Bonchev–Trinajstić information content (AvgIpc) is 1.41. The third-order valence-electron chi connectivity index (χ3n) is 0. The molecule has 18 heavy (non-hydrogen) atoms. The van der Waals surface area contributed by atoms with E-state index in [1.54, 1.807) is 0 Å². The summed E-state index contributed by atoms with van der Waals surface area (Å²) in [6.07, 6.45) is 0. The van der Waals surface area contributed by atoms with Gasteiger partial charge in [0.05, 0.1) is 0 Å². The number of hydrogen-bond acceptors (Lipinski definition) is 12. The van der Waals surface area contributed by atoms with Gasteiger partial charge >= 0.3 is 0 Å². The number of rotatable bonds is 0. The van der Waals surface area contributed by atoms with Crippen LogP contribution in [0.5, 0.6) is 0 Å². The molecular formula is H6NO13S3V-5. The van der Waals surface area contributed by atoms with Gasteiger partial charge in [0.1, 0.15) is 0 Å². The van der Waals surface area contributed by atoms with Gasteiger partial charge in [-0.2, -0.15) is 0 Å². The molecular weight excluding hydrogens is 369 g/mol. The quantitative estimate of drug-likeness (QED) is 0.309. The van der Waals surface area contributed by atoms with Crippen LogP contribution in [0.15, 0.2) is 0 Å². The molecule has 0 spiro atoms. The summed E-state index contributed by atoms with van der Waals surface area (Å²) in [5.74, 6) is 0. The number of hydrogen-bond donors (Lipinski definition) is 1. The molecule has 0 aliphatic heterocycles. The Morgan fingerprint density at radius 2 is 0.500 bits per heavy atom. The SMILES string of the molecule is O.O=S(=O)([O-])[O-].O=S(=O)([O-])[O-].O=S(=O)([O-])[O-].[NH4+].[V]. The Hall–Kier alpha value is 0.114. The van der Waals surface area contributed by atoms with Crippen molar-refractivity contribution in [3.05, 3.63) is 0 Å². The zero-order valence-corrected chi connectivity index (χ0v) is 11.9. The molecule has 14 nitrogen and oxygen atoms in total. The van der Waals surface area contributed by atoms with Crippen molar-refractivity contribution < 1.29 is 76.6 Å². The minimum Gasteiger partial charge on any atom is -0.759 e. The van der Waals surface area contributed by atoms with Crippen LogP contribution in [-0.2, 0) is 49.8 Å². The summed E-state index contributed by atoms with van der Waals surface area (Å²) < 4.78 is 102. The van der Waals surface area contributed by atoms with Crippen molar-refractivity contribution in [2.45, 2.75) is 0 Å². The largest absolute Gasteiger partial charge is 0.759 e. The van der Waals surface area contributed by atoms with E-state index in [-0.39, 0.29) is 30.2 Å². The minimum atomic E-state index is -5.17. The topological polar surface area (TPSA) is 309 Å². The average molecular weight is 375 g/mol. The summed E-state index contributed by atoms with van der Waals surface area (Å²) in [4.78, 5) is 0. The van der Waals surface area contributed by atoms with E-state index in [1.807, 2.05) is 0 Å². The molecule has 0 aromatic carbocycles. The first-order valence-electron chi connectivity index (χ1n) is 2.00. The predicted octanol–water partition coefficient (Wildman–Crippen LogP) is -4.46. The summed E-state index contributed by atoms with van der Waals surface area (Å²) in [6, 6.07) is 0. The zero-order valence-electron chi connectivity index (χ0n) is 8.07. The first-order chi connectivity index (χ1) is 6.00. The molecule has 0 aliphatic rings. The standard InChI is InChI=1S/H3N.3H2O4S.H2O.V/c;3*1-5(2,3)4;;/h1H3;3*(H2,1,2,3,4);1H2;/p-5. The van der Waals surface area contributed by atoms with Gasteiger partial charge in [0, 0.05) is 49.8 Å². The maximum absolute atomic E-state index is 8.52. The smallest absolute Gasteiger partial charge is 0.0311 e. The fraction of sp³-hybridized carbons (Fsp3) is 0. The molecule has 0 unspecified atom stereocenters. The molecule has 0 aliphatic carbocycles. The monoisotopic (exact) mass is 375 g/mol. The van der Waals surface area contributed by atoms with Gasteiger partial charge in [0.25, 0.3) is 0 Å². The molecule has 0 atom stereocenters. The Balaban J connectivity index is -0.0000000277. The summed E-state index contributed by atoms with van der Waals surface area (Å²) in [6.45, 7) is 0. The Morgan fingerprint density at radius 1 is 0.500 bits per heavy atom. The molecule has 0 saturated heterocycles. The second-order valence-corrected chi connectivity index (χ2v) is 3.67. The van der Waals surface area contributed by atoms with Gasteiger partial charge in [0.2, 0.25) is 0 Å². The summed E-state index contributed by atoms with van der Waals surface area (Å²) in [7, 11) is -15.5. The van der Waals surface area contributed by atoms with E-state index in [9.17, 15) is 0 Å². The van der Waals surface area contributed by atoms with Crippen LogP contribution in [0.2, 0.25) is 0 Å². The normalized spacial score (nSPS) is 9.67. The van der Waals surface area contributed by atoms with E-state index >= 15 is 0 Å². The molecule has 0 aromatic rings. The van der Waals surface area contributed by atoms with E-state index in [2.05, 4.69) is 0 Å². The van der Waals surface area contributed by atoms with Crippen LogP contribution < -0.4 is 6.15 Å². The van der Waals surface area contributed by atoms with Gasteiger partial charge < -0.3 is 38.9 Å². The van der Waals surface area contributed by atoms with Crippen molar-refractivity contribution in [1.82, 2.24) is 6.15 Å². The van der Waals surface area contributed by atoms with Gasteiger partial charge in [-0.25, -0.2) is 0 Å². The van der Waals surface area contributed by atoms with Crippen molar-refractivity contribution in [3.8, 4) is 0 Å². The van der Waals surface area contributed by atoms with Crippen LogP contribution >= 0.6 is 0 Å². The van der Waals surface area contributed by atoms with Crippen molar-refractivity contribution in [2.75, 3.05) is 0 Å². The van der Waals surface area contributed by atoms with Gasteiger partial charge in [-0.3, -0.25) is 25.3 Å². The Morgan fingerprint density at radius 3 is 0.500 bits per heavy atom. The summed E-state index contributed by atoms with van der Waals surface area (Å²) in [5.41, 5.74) is 0. The molecule has 0 saturated carbocycles. The molecule has 0 heterocycles. The summed E-state index contributed by atoms with van der Waals surface area (Å²) in [5, 5.41) is 0. The summed E-state index contributed by atoms with van der Waals surface area (Å²) >= 11 is 0. The van der Waals surface area contributed by atoms with Crippen LogP contribution in [0.4, 0.5) is 0 Å². The second-order valence-electron chi connectivity index (χ2n) is 1.22. The maximum Gasteiger partial charge on any atom is 0.0311 e. The fourth-order valence-electron chi connectivity index (χ4n) is 0. The van der Waals surface area contributed by atoms with Crippen LogP contribution in [0.25, 0.3) is 0 Å². The van der Waals surface area contributed by atoms with Crippen LogP contribution in [0.3, 0.4) is 0 Å². The molecule has 18 heteroatoms. The Bertz CT molecular complexity index is 343. The van der Waals surface area contributed by atoms with Crippen molar-refractivity contribution >= 4 is 31.2 Å². The maximum atomic E-state index is 8.52. The third kappa shape index (κ3) is 281000. The van der Waals surface area contributed by atoms with E-state index in [0.717, 1.165) is 0 Å². The van der Waals surface area contributed by atoms with E-state index < -0.39 is 31.2 Å². The Labute approximate surface area is 114 Å². The second kappa shape index (κ2) is 13.5. The van der Waals surface area contributed by atoms with Gasteiger partial charge in [-0.15, -0.1) is 0 Å². The molecule has 0 fully saturated rings. The number of quaternary nitrogens is 1.